The van der Waals surface area contributed by atoms with Gasteiger partial charge >= 0.3 is 0 Å². The van der Waals surface area contributed by atoms with Crippen molar-refractivity contribution in [2.75, 3.05) is 40.0 Å². The van der Waals surface area contributed by atoms with E-state index in [1.54, 1.807) is 12.0 Å². The van der Waals surface area contributed by atoms with E-state index in [0.29, 0.717) is 39.1 Å². The molecule has 5 nitrogen and oxygen atoms in total. The molecule has 1 N–H and O–H groups in total. The maximum Gasteiger partial charge on any atom is 0.248 e. The molecule has 1 aliphatic heterocycles. The zero-order chi connectivity index (χ0) is 12.0. The van der Waals surface area contributed by atoms with Crippen LogP contribution in [0.1, 0.15) is 19.8 Å². The number of likely N-dealkylation sites (tertiary alicyclic amines) is 1. The minimum Gasteiger partial charge on any atom is -0.390 e. The Morgan fingerprint density at radius 1 is 1.38 bits per heavy atom. The van der Waals surface area contributed by atoms with E-state index < -0.39 is 5.60 Å². The van der Waals surface area contributed by atoms with E-state index in [9.17, 15) is 9.90 Å². The third-order valence-corrected chi connectivity index (χ3v) is 2.85. The molecule has 94 valence electrons. The first-order chi connectivity index (χ1) is 7.55. The van der Waals surface area contributed by atoms with Crippen molar-refractivity contribution in [3.63, 3.8) is 0 Å². The molecular formula is C11H21NO4. The van der Waals surface area contributed by atoms with Gasteiger partial charge in [-0.3, -0.25) is 4.79 Å². The smallest absolute Gasteiger partial charge is 0.248 e. The summed E-state index contributed by atoms with van der Waals surface area (Å²) in [5.74, 6) is -0.00777. The molecule has 16 heavy (non-hydrogen) atoms. The van der Waals surface area contributed by atoms with Gasteiger partial charge in [0.1, 0.15) is 6.61 Å². The molecule has 0 atom stereocenters. The fourth-order valence-electron chi connectivity index (χ4n) is 1.63. The Morgan fingerprint density at radius 2 is 2.00 bits per heavy atom. The molecular weight excluding hydrogens is 210 g/mol. The maximum atomic E-state index is 11.7. The Bertz CT molecular complexity index is 220. The van der Waals surface area contributed by atoms with Crippen LogP contribution in [0.2, 0.25) is 0 Å². The minimum absolute atomic E-state index is 0.00777. The normalized spacial score (nSPS) is 19.8. The molecule has 0 radical (unpaired) electrons. The van der Waals surface area contributed by atoms with Crippen LogP contribution in [0.25, 0.3) is 0 Å². The number of hydrogen-bond acceptors (Lipinski definition) is 4. The number of rotatable bonds is 5. The Morgan fingerprint density at radius 3 is 2.56 bits per heavy atom. The standard InChI is InChI=1S/C11H21NO4/c1-11(14)3-5-12(6-4-11)10(13)9-16-8-7-15-2/h14H,3-9H2,1-2H3. The molecule has 0 aromatic rings. The van der Waals surface area contributed by atoms with E-state index in [2.05, 4.69) is 0 Å². The van der Waals surface area contributed by atoms with Gasteiger partial charge in [-0.05, 0) is 19.8 Å². The number of methoxy groups -OCH3 is 1. The first kappa shape index (κ1) is 13.4. The van der Waals surface area contributed by atoms with Crippen molar-refractivity contribution in [2.45, 2.75) is 25.4 Å². The first-order valence-electron chi connectivity index (χ1n) is 5.62. The molecule has 0 aromatic carbocycles. The second-order valence-electron chi connectivity index (χ2n) is 4.42. The number of aliphatic hydroxyl groups is 1. The van der Waals surface area contributed by atoms with Gasteiger partial charge in [-0.25, -0.2) is 0 Å². The summed E-state index contributed by atoms with van der Waals surface area (Å²) in [4.78, 5) is 13.4. The molecule has 1 fully saturated rings. The van der Waals surface area contributed by atoms with Gasteiger partial charge in [0.25, 0.3) is 0 Å². The molecule has 0 bridgehead atoms. The van der Waals surface area contributed by atoms with Gasteiger partial charge in [0.05, 0.1) is 18.8 Å². The highest BCUT2D eigenvalue weighted by atomic mass is 16.5. The predicted molar refractivity (Wildman–Crippen MR) is 59.1 cm³/mol. The second kappa shape index (κ2) is 6.18. The van der Waals surface area contributed by atoms with Crippen LogP contribution in [-0.2, 0) is 14.3 Å². The van der Waals surface area contributed by atoms with Crippen molar-refractivity contribution in [3.05, 3.63) is 0 Å². The lowest BCUT2D eigenvalue weighted by Crippen LogP contribution is -2.46. The monoisotopic (exact) mass is 231 g/mol. The molecule has 0 aliphatic carbocycles. The maximum absolute atomic E-state index is 11.7. The Hall–Kier alpha value is -0.650. The number of ether oxygens (including phenoxy) is 2. The van der Waals surface area contributed by atoms with Gasteiger partial charge in [-0.1, -0.05) is 0 Å². The van der Waals surface area contributed by atoms with E-state index >= 15 is 0 Å². The predicted octanol–water partition coefficient (Wildman–Crippen LogP) is 0.0228. The highest BCUT2D eigenvalue weighted by molar-refractivity contribution is 5.77. The van der Waals surface area contributed by atoms with E-state index in [0.717, 1.165) is 0 Å². The summed E-state index contributed by atoms with van der Waals surface area (Å²) >= 11 is 0. The highest BCUT2D eigenvalue weighted by Gasteiger charge is 2.29. The van der Waals surface area contributed by atoms with Gasteiger partial charge in [0.15, 0.2) is 0 Å². The Labute approximate surface area is 96.3 Å². The number of carbonyl (C=O) groups excluding carboxylic acids is 1. The molecule has 0 unspecified atom stereocenters. The SMILES string of the molecule is COCCOCC(=O)N1CCC(C)(O)CC1. The van der Waals surface area contributed by atoms with E-state index in [-0.39, 0.29) is 12.5 Å². The largest absolute Gasteiger partial charge is 0.390 e. The lowest BCUT2D eigenvalue weighted by Gasteiger charge is -2.35. The van der Waals surface area contributed by atoms with Crippen molar-refractivity contribution in [2.24, 2.45) is 0 Å². The van der Waals surface area contributed by atoms with Gasteiger partial charge in [0, 0.05) is 20.2 Å². The lowest BCUT2D eigenvalue weighted by atomic mass is 9.94. The van der Waals surface area contributed by atoms with Crippen LogP contribution in [0.3, 0.4) is 0 Å². The molecule has 0 saturated carbocycles. The third-order valence-electron chi connectivity index (χ3n) is 2.85. The van der Waals surface area contributed by atoms with Crippen LogP contribution in [0.4, 0.5) is 0 Å². The van der Waals surface area contributed by atoms with Crippen LogP contribution in [0, 0.1) is 0 Å². The van der Waals surface area contributed by atoms with E-state index in [4.69, 9.17) is 9.47 Å². The molecule has 1 saturated heterocycles. The summed E-state index contributed by atoms with van der Waals surface area (Å²) in [6.07, 6.45) is 1.27. The molecule has 1 rings (SSSR count). The fourth-order valence-corrected chi connectivity index (χ4v) is 1.63. The molecule has 0 aromatic heterocycles. The average Bonchev–Trinajstić information content (AvgIpc) is 2.24. The summed E-state index contributed by atoms with van der Waals surface area (Å²) in [5.41, 5.74) is -0.617. The first-order valence-corrected chi connectivity index (χ1v) is 5.62. The zero-order valence-corrected chi connectivity index (χ0v) is 10.1. The average molecular weight is 231 g/mol. The summed E-state index contributed by atoms with van der Waals surface area (Å²) in [6, 6.07) is 0. The van der Waals surface area contributed by atoms with Gasteiger partial charge in [-0.15, -0.1) is 0 Å². The topological polar surface area (TPSA) is 59.0 Å². The summed E-state index contributed by atoms with van der Waals surface area (Å²) in [7, 11) is 1.60. The molecule has 1 aliphatic rings. The van der Waals surface area contributed by atoms with Crippen molar-refractivity contribution >= 4 is 5.91 Å². The van der Waals surface area contributed by atoms with Crippen LogP contribution in [-0.4, -0.2) is 61.5 Å². The number of amides is 1. The van der Waals surface area contributed by atoms with Crippen LogP contribution < -0.4 is 0 Å². The van der Waals surface area contributed by atoms with Gasteiger partial charge in [-0.2, -0.15) is 0 Å². The fraction of sp³-hybridized carbons (Fsp3) is 0.909. The van der Waals surface area contributed by atoms with Crippen molar-refractivity contribution in [1.29, 1.82) is 0 Å². The number of carbonyl (C=O) groups is 1. The van der Waals surface area contributed by atoms with Crippen molar-refractivity contribution < 1.29 is 19.4 Å². The van der Waals surface area contributed by atoms with Crippen LogP contribution >= 0.6 is 0 Å². The molecule has 1 heterocycles. The van der Waals surface area contributed by atoms with Crippen LogP contribution in [0.5, 0.6) is 0 Å². The summed E-state index contributed by atoms with van der Waals surface area (Å²) in [5, 5.41) is 9.73. The Balaban J connectivity index is 2.18. The van der Waals surface area contributed by atoms with Crippen LogP contribution in [0.15, 0.2) is 0 Å². The Kier molecular flexibility index (Phi) is 5.18. The number of hydrogen-bond donors (Lipinski definition) is 1. The van der Waals surface area contributed by atoms with E-state index in [1.807, 2.05) is 6.92 Å². The third kappa shape index (κ3) is 4.47. The lowest BCUT2D eigenvalue weighted by molar-refractivity contribution is -0.140. The number of nitrogens with zero attached hydrogens (tertiary/aromatic N) is 1. The molecule has 1 amide bonds. The highest BCUT2D eigenvalue weighted by Crippen LogP contribution is 2.20. The van der Waals surface area contributed by atoms with E-state index in [1.165, 1.54) is 0 Å². The minimum atomic E-state index is -0.617. The second-order valence-corrected chi connectivity index (χ2v) is 4.42. The molecule has 5 heteroatoms. The van der Waals surface area contributed by atoms with Gasteiger partial charge < -0.3 is 19.5 Å². The number of piperidine rings is 1. The summed E-state index contributed by atoms with van der Waals surface area (Å²) < 4.78 is 9.98. The molecule has 0 spiro atoms. The van der Waals surface area contributed by atoms with Crippen molar-refractivity contribution in [3.8, 4) is 0 Å². The van der Waals surface area contributed by atoms with Gasteiger partial charge in [0.2, 0.25) is 5.91 Å². The quantitative estimate of drug-likeness (QED) is 0.678. The summed E-state index contributed by atoms with van der Waals surface area (Å²) in [6.45, 7) is 4.07. The van der Waals surface area contributed by atoms with Crippen molar-refractivity contribution in [1.82, 2.24) is 4.90 Å². The zero-order valence-electron chi connectivity index (χ0n) is 10.1.